The highest BCUT2D eigenvalue weighted by molar-refractivity contribution is 6.12. The average molecular weight is 483 g/mol. The molecule has 0 radical (unpaired) electrons. The van der Waals surface area contributed by atoms with Gasteiger partial charge in [-0.1, -0.05) is 25.7 Å². The van der Waals surface area contributed by atoms with Gasteiger partial charge in [-0.25, -0.2) is 4.79 Å². The molecule has 1 aliphatic heterocycles. The standard InChI is InChI=1S/C26H34N4O5/c1-4-34-20-14-12-19(13-15-20)30-23(31)22-16-21(24(32)35-5-2)28-29(22)17-26(30,3)25(33)27-18-10-8-6-7-9-11-18/h12-16,18H,4-11,17H2,1-3H3,(H,27,33). The molecule has 0 spiro atoms. The van der Waals surface area contributed by atoms with Crippen molar-refractivity contribution in [2.24, 2.45) is 0 Å². The molecule has 2 aromatic rings. The lowest BCUT2D eigenvalue weighted by atomic mass is 9.93. The largest absolute Gasteiger partial charge is 0.494 e. The van der Waals surface area contributed by atoms with Gasteiger partial charge in [-0.15, -0.1) is 0 Å². The van der Waals surface area contributed by atoms with E-state index < -0.39 is 17.4 Å². The van der Waals surface area contributed by atoms with E-state index in [2.05, 4.69) is 10.4 Å². The molecule has 1 aliphatic carbocycles. The second-order valence-corrected chi connectivity index (χ2v) is 9.30. The number of fused-ring (bicyclic) bond motifs is 1. The lowest BCUT2D eigenvalue weighted by Gasteiger charge is -2.43. The maximum absolute atomic E-state index is 13.8. The van der Waals surface area contributed by atoms with Gasteiger partial charge in [0.25, 0.3) is 5.91 Å². The minimum absolute atomic E-state index is 0.0512. The molecule has 0 bridgehead atoms. The predicted octanol–water partition coefficient (Wildman–Crippen LogP) is 3.72. The van der Waals surface area contributed by atoms with Crippen molar-refractivity contribution in [2.45, 2.75) is 77.4 Å². The summed E-state index contributed by atoms with van der Waals surface area (Å²) in [5, 5.41) is 7.53. The topological polar surface area (TPSA) is 103 Å². The molecule has 1 unspecified atom stereocenters. The number of carbonyl (C=O) groups is 3. The second-order valence-electron chi connectivity index (χ2n) is 9.30. The smallest absolute Gasteiger partial charge is 0.358 e. The van der Waals surface area contributed by atoms with Crippen LogP contribution < -0.4 is 15.0 Å². The fourth-order valence-corrected chi connectivity index (χ4v) is 4.91. The van der Waals surface area contributed by atoms with E-state index in [1.807, 2.05) is 6.92 Å². The van der Waals surface area contributed by atoms with Crippen molar-refractivity contribution in [2.75, 3.05) is 18.1 Å². The van der Waals surface area contributed by atoms with Crippen LogP contribution in [0.4, 0.5) is 5.69 Å². The van der Waals surface area contributed by atoms with Crippen molar-refractivity contribution >= 4 is 23.5 Å². The Morgan fingerprint density at radius 2 is 1.77 bits per heavy atom. The van der Waals surface area contributed by atoms with Crippen molar-refractivity contribution in [1.82, 2.24) is 15.1 Å². The maximum atomic E-state index is 13.8. The normalized spacial score (nSPS) is 20.7. The Morgan fingerprint density at radius 3 is 2.40 bits per heavy atom. The molecule has 1 atom stereocenters. The number of esters is 1. The number of nitrogens with one attached hydrogen (secondary N) is 1. The molecule has 9 heteroatoms. The van der Waals surface area contributed by atoms with Gasteiger partial charge in [-0.2, -0.15) is 5.10 Å². The van der Waals surface area contributed by atoms with Crippen molar-refractivity contribution in [3.63, 3.8) is 0 Å². The average Bonchev–Trinajstić information content (AvgIpc) is 3.09. The number of hydrogen-bond donors (Lipinski definition) is 1. The van der Waals surface area contributed by atoms with Gasteiger partial charge in [0.2, 0.25) is 5.91 Å². The molecule has 0 saturated heterocycles. The highest BCUT2D eigenvalue weighted by Gasteiger charge is 2.49. The Morgan fingerprint density at radius 1 is 1.09 bits per heavy atom. The first-order valence-corrected chi connectivity index (χ1v) is 12.5. The van der Waals surface area contributed by atoms with Crippen molar-refractivity contribution in [3.8, 4) is 5.75 Å². The van der Waals surface area contributed by atoms with Crippen molar-refractivity contribution in [3.05, 3.63) is 41.7 Å². The number of anilines is 1. The Balaban J connectivity index is 1.71. The van der Waals surface area contributed by atoms with E-state index in [0.29, 0.717) is 18.0 Å². The summed E-state index contributed by atoms with van der Waals surface area (Å²) >= 11 is 0. The SMILES string of the molecule is CCOC(=O)c1cc2n(n1)CC(C)(C(=O)NC1CCCCCC1)N(c1ccc(OCC)cc1)C2=O. The van der Waals surface area contributed by atoms with Gasteiger partial charge in [0.1, 0.15) is 17.0 Å². The zero-order chi connectivity index (χ0) is 25.0. The highest BCUT2D eigenvalue weighted by Crippen LogP contribution is 2.34. The number of amides is 2. The van der Waals surface area contributed by atoms with E-state index in [0.717, 1.165) is 25.7 Å². The third-order valence-corrected chi connectivity index (χ3v) is 6.72. The van der Waals surface area contributed by atoms with Gasteiger partial charge >= 0.3 is 5.97 Å². The summed E-state index contributed by atoms with van der Waals surface area (Å²) < 4.78 is 12.1. The highest BCUT2D eigenvalue weighted by atomic mass is 16.5. The second kappa shape index (κ2) is 10.5. The van der Waals surface area contributed by atoms with Crippen LogP contribution >= 0.6 is 0 Å². The van der Waals surface area contributed by atoms with Crippen LogP contribution in [-0.2, 0) is 16.1 Å². The van der Waals surface area contributed by atoms with Crippen LogP contribution in [0.1, 0.15) is 80.3 Å². The third kappa shape index (κ3) is 5.04. The molecule has 1 aromatic heterocycles. The van der Waals surface area contributed by atoms with Gasteiger partial charge in [0, 0.05) is 17.8 Å². The monoisotopic (exact) mass is 482 g/mol. The number of rotatable bonds is 7. The first kappa shape index (κ1) is 24.8. The van der Waals surface area contributed by atoms with E-state index in [4.69, 9.17) is 9.47 Å². The van der Waals surface area contributed by atoms with E-state index >= 15 is 0 Å². The summed E-state index contributed by atoms with van der Waals surface area (Å²) in [7, 11) is 0. The first-order chi connectivity index (χ1) is 16.9. The minimum atomic E-state index is -1.25. The molecule has 1 N–H and O–H groups in total. The number of ether oxygens (including phenoxy) is 2. The van der Waals surface area contributed by atoms with Crippen LogP contribution in [0.5, 0.6) is 5.75 Å². The number of benzene rings is 1. The fraction of sp³-hybridized carbons (Fsp3) is 0.538. The summed E-state index contributed by atoms with van der Waals surface area (Å²) in [6.07, 6.45) is 6.36. The van der Waals surface area contributed by atoms with Gasteiger partial charge in [-0.3, -0.25) is 19.2 Å². The van der Waals surface area contributed by atoms with Crippen molar-refractivity contribution in [1.29, 1.82) is 0 Å². The molecule has 9 nitrogen and oxygen atoms in total. The predicted molar refractivity (Wildman–Crippen MR) is 131 cm³/mol. The molecular formula is C26H34N4O5. The van der Waals surface area contributed by atoms with Gasteiger partial charge in [0.15, 0.2) is 5.69 Å². The van der Waals surface area contributed by atoms with Crippen LogP contribution in [0, 0.1) is 0 Å². The zero-order valence-electron chi connectivity index (χ0n) is 20.7. The van der Waals surface area contributed by atoms with Crippen LogP contribution in [0.3, 0.4) is 0 Å². The van der Waals surface area contributed by atoms with Crippen LogP contribution in [0.25, 0.3) is 0 Å². The lowest BCUT2D eigenvalue weighted by Crippen LogP contribution is -2.65. The van der Waals surface area contributed by atoms with E-state index in [-0.39, 0.29) is 36.5 Å². The van der Waals surface area contributed by atoms with Crippen LogP contribution in [0.15, 0.2) is 30.3 Å². The molecular weight excluding hydrogens is 448 g/mol. The third-order valence-electron chi connectivity index (χ3n) is 6.72. The quantitative estimate of drug-likeness (QED) is 0.477. The van der Waals surface area contributed by atoms with Crippen LogP contribution in [0.2, 0.25) is 0 Å². The maximum Gasteiger partial charge on any atom is 0.358 e. The summed E-state index contributed by atoms with van der Waals surface area (Å²) in [4.78, 5) is 41.4. The lowest BCUT2D eigenvalue weighted by molar-refractivity contribution is -0.127. The number of carbonyl (C=O) groups excluding carboxylic acids is 3. The van der Waals surface area contributed by atoms with Crippen LogP contribution in [-0.4, -0.2) is 52.4 Å². The summed E-state index contributed by atoms with van der Waals surface area (Å²) in [6.45, 7) is 6.20. The summed E-state index contributed by atoms with van der Waals surface area (Å²) in [6, 6.07) is 8.63. The molecule has 1 aromatic carbocycles. The minimum Gasteiger partial charge on any atom is -0.494 e. The number of nitrogens with zero attached hydrogens (tertiary/aromatic N) is 3. The van der Waals surface area contributed by atoms with E-state index in [1.165, 1.54) is 28.5 Å². The molecule has 1 fully saturated rings. The number of aromatic nitrogens is 2. The molecule has 35 heavy (non-hydrogen) atoms. The molecule has 188 valence electrons. The van der Waals surface area contributed by atoms with Gasteiger partial charge in [-0.05, 0) is 57.9 Å². The molecule has 2 heterocycles. The van der Waals surface area contributed by atoms with Gasteiger partial charge < -0.3 is 14.8 Å². The molecule has 2 amide bonds. The zero-order valence-corrected chi connectivity index (χ0v) is 20.7. The summed E-state index contributed by atoms with van der Waals surface area (Å²) in [5.74, 6) is -0.549. The Labute approximate surface area is 205 Å². The van der Waals surface area contributed by atoms with E-state index in [9.17, 15) is 14.4 Å². The summed E-state index contributed by atoms with van der Waals surface area (Å²) in [5.41, 5.74) is -0.388. The van der Waals surface area contributed by atoms with Gasteiger partial charge in [0.05, 0.1) is 19.8 Å². The first-order valence-electron chi connectivity index (χ1n) is 12.5. The number of hydrogen-bond acceptors (Lipinski definition) is 6. The molecule has 1 saturated carbocycles. The molecule has 4 rings (SSSR count). The van der Waals surface area contributed by atoms with E-state index in [1.54, 1.807) is 38.1 Å². The Hall–Kier alpha value is -3.36. The Kier molecular flexibility index (Phi) is 7.42. The van der Waals surface area contributed by atoms with Crippen molar-refractivity contribution < 1.29 is 23.9 Å². The Bertz CT molecular complexity index is 1070. The fourth-order valence-electron chi connectivity index (χ4n) is 4.91. The molecule has 2 aliphatic rings.